The molecule has 0 heterocycles. The molecule has 0 aromatic heterocycles. The number of sulfonamides is 1. The predicted molar refractivity (Wildman–Crippen MR) is 174 cm³/mol. The molecule has 44 heavy (non-hydrogen) atoms. The second-order valence-corrected chi connectivity index (χ2v) is 13.6. The zero-order valence-corrected chi connectivity index (χ0v) is 27.0. The van der Waals surface area contributed by atoms with Gasteiger partial charge >= 0.3 is 0 Å². The minimum atomic E-state index is -4.29. The summed E-state index contributed by atoms with van der Waals surface area (Å²) in [7, 11) is -4.29. The molecule has 0 bridgehead atoms. The number of amides is 2. The topological polar surface area (TPSA) is 86.8 Å². The molecule has 0 radical (unpaired) electrons. The van der Waals surface area contributed by atoms with E-state index in [9.17, 15) is 22.4 Å². The van der Waals surface area contributed by atoms with E-state index in [1.54, 1.807) is 30.3 Å². The summed E-state index contributed by atoms with van der Waals surface area (Å²) < 4.78 is 43.3. The minimum Gasteiger partial charge on any atom is -0.354 e. The van der Waals surface area contributed by atoms with Crippen LogP contribution < -0.4 is 9.62 Å². The van der Waals surface area contributed by atoms with Crippen LogP contribution in [0.2, 0.25) is 0 Å². The van der Waals surface area contributed by atoms with Crippen molar-refractivity contribution in [2.75, 3.05) is 17.4 Å². The van der Waals surface area contributed by atoms with Gasteiger partial charge in [0.2, 0.25) is 11.8 Å². The maximum absolute atomic E-state index is 14.4. The lowest BCUT2D eigenvalue weighted by Crippen LogP contribution is -2.53. The van der Waals surface area contributed by atoms with Gasteiger partial charge in [0.05, 0.1) is 10.6 Å². The first-order chi connectivity index (χ1) is 21.0. The maximum atomic E-state index is 14.4. The first kappa shape index (κ1) is 32.9. The van der Waals surface area contributed by atoms with E-state index >= 15 is 0 Å². The van der Waals surface area contributed by atoms with Gasteiger partial charge in [0.25, 0.3) is 10.0 Å². The Labute approximate surface area is 266 Å². The first-order valence-electron chi connectivity index (χ1n) is 14.2. The molecule has 0 aliphatic rings. The molecule has 4 aromatic carbocycles. The Hall–Kier alpha value is -4.02. The molecule has 1 atom stereocenters. The highest BCUT2D eigenvalue weighted by Gasteiger charge is 2.34. The van der Waals surface area contributed by atoms with Gasteiger partial charge in [-0.1, -0.05) is 90.4 Å². The molecule has 0 spiro atoms. The van der Waals surface area contributed by atoms with Crippen LogP contribution in [0.15, 0.2) is 119 Å². The van der Waals surface area contributed by atoms with Crippen molar-refractivity contribution in [2.45, 2.75) is 37.8 Å². The number of carbonyl (C=O) groups is 2. The lowest BCUT2D eigenvalue weighted by Gasteiger charge is -2.34. The largest absolute Gasteiger partial charge is 0.354 e. The third-order valence-electron chi connectivity index (χ3n) is 6.92. The highest BCUT2D eigenvalue weighted by atomic mass is 79.9. The minimum absolute atomic E-state index is 0.0596. The average molecular weight is 681 g/mol. The number of halogens is 2. The lowest BCUT2D eigenvalue weighted by molar-refractivity contribution is -0.140. The van der Waals surface area contributed by atoms with Crippen molar-refractivity contribution in [2.24, 2.45) is 5.92 Å². The van der Waals surface area contributed by atoms with Crippen LogP contribution in [0.25, 0.3) is 0 Å². The van der Waals surface area contributed by atoms with Gasteiger partial charge < -0.3 is 10.2 Å². The Bertz CT molecular complexity index is 1650. The number of carbonyl (C=O) groups excluding carboxylic acids is 2. The van der Waals surface area contributed by atoms with Crippen LogP contribution in [0, 0.1) is 11.7 Å². The van der Waals surface area contributed by atoms with Crippen molar-refractivity contribution < 1.29 is 22.4 Å². The molecular formula is C34H35BrFN3O4S. The van der Waals surface area contributed by atoms with E-state index in [-0.39, 0.29) is 35.4 Å². The molecule has 0 unspecified atom stereocenters. The quantitative estimate of drug-likeness (QED) is 0.182. The predicted octanol–water partition coefficient (Wildman–Crippen LogP) is 6.20. The van der Waals surface area contributed by atoms with Gasteiger partial charge in [-0.3, -0.25) is 13.9 Å². The molecule has 10 heteroatoms. The smallest absolute Gasteiger partial charge is 0.264 e. The van der Waals surface area contributed by atoms with Gasteiger partial charge in [0.1, 0.15) is 18.4 Å². The molecule has 4 rings (SSSR count). The van der Waals surface area contributed by atoms with Crippen molar-refractivity contribution in [3.8, 4) is 0 Å². The number of para-hydroxylation sites is 1. The molecule has 1 N–H and O–H groups in total. The Morgan fingerprint density at radius 2 is 1.45 bits per heavy atom. The average Bonchev–Trinajstić information content (AvgIpc) is 3.01. The molecule has 7 nitrogen and oxygen atoms in total. The van der Waals surface area contributed by atoms with Crippen LogP contribution in [0.3, 0.4) is 0 Å². The molecule has 2 amide bonds. The lowest BCUT2D eigenvalue weighted by atomic mass is 10.0. The molecule has 0 saturated heterocycles. The molecule has 4 aromatic rings. The number of rotatable bonds is 13. The van der Waals surface area contributed by atoms with E-state index in [4.69, 9.17) is 0 Å². The molecular weight excluding hydrogens is 645 g/mol. The fraction of sp³-hybridized carbons (Fsp3) is 0.235. The summed E-state index contributed by atoms with van der Waals surface area (Å²) in [6.07, 6.45) is 0.223. The summed E-state index contributed by atoms with van der Waals surface area (Å²) in [6, 6.07) is 28.6. The monoisotopic (exact) mass is 679 g/mol. The van der Waals surface area contributed by atoms with Crippen LogP contribution in [0.1, 0.15) is 25.0 Å². The van der Waals surface area contributed by atoms with E-state index < -0.39 is 34.3 Å². The van der Waals surface area contributed by atoms with Gasteiger partial charge in [0, 0.05) is 24.0 Å². The summed E-state index contributed by atoms with van der Waals surface area (Å²) in [5, 5.41) is 2.97. The van der Waals surface area contributed by atoms with Crippen LogP contribution in [-0.4, -0.2) is 44.3 Å². The summed E-state index contributed by atoms with van der Waals surface area (Å²) >= 11 is 3.48. The highest BCUT2D eigenvalue weighted by Crippen LogP contribution is 2.25. The van der Waals surface area contributed by atoms with E-state index in [2.05, 4.69) is 21.2 Å². The summed E-state index contributed by atoms with van der Waals surface area (Å²) in [5.74, 6) is -1.30. The summed E-state index contributed by atoms with van der Waals surface area (Å²) in [5.41, 5.74) is 1.87. The molecule has 0 aliphatic heterocycles. The normalized spacial score (nSPS) is 12.0. The van der Waals surface area contributed by atoms with Crippen LogP contribution in [-0.2, 0) is 32.6 Å². The fourth-order valence-electron chi connectivity index (χ4n) is 4.67. The van der Waals surface area contributed by atoms with Crippen molar-refractivity contribution in [3.05, 3.63) is 131 Å². The summed E-state index contributed by atoms with van der Waals surface area (Å²) in [4.78, 5) is 29.5. The Morgan fingerprint density at radius 3 is 2.07 bits per heavy atom. The number of hydrogen-bond donors (Lipinski definition) is 1. The van der Waals surface area contributed by atoms with Gasteiger partial charge in [-0.25, -0.2) is 12.8 Å². The molecule has 0 aliphatic carbocycles. The van der Waals surface area contributed by atoms with Crippen molar-refractivity contribution in [3.63, 3.8) is 0 Å². The van der Waals surface area contributed by atoms with E-state index in [1.165, 1.54) is 17.0 Å². The van der Waals surface area contributed by atoms with E-state index in [1.807, 2.05) is 68.4 Å². The third kappa shape index (κ3) is 8.76. The van der Waals surface area contributed by atoms with Gasteiger partial charge in [0.15, 0.2) is 0 Å². The van der Waals surface area contributed by atoms with Crippen molar-refractivity contribution in [1.29, 1.82) is 0 Å². The molecule has 230 valence electrons. The van der Waals surface area contributed by atoms with Crippen LogP contribution in [0.5, 0.6) is 0 Å². The van der Waals surface area contributed by atoms with Gasteiger partial charge in [-0.2, -0.15) is 0 Å². The number of nitrogens with one attached hydrogen (secondary N) is 1. The molecule has 0 saturated carbocycles. The molecule has 0 fully saturated rings. The van der Waals surface area contributed by atoms with Crippen molar-refractivity contribution >= 4 is 43.5 Å². The van der Waals surface area contributed by atoms with Gasteiger partial charge in [-0.15, -0.1) is 0 Å². The van der Waals surface area contributed by atoms with Crippen LogP contribution in [0.4, 0.5) is 10.1 Å². The highest BCUT2D eigenvalue weighted by molar-refractivity contribution is 9.10. The standard InChI is InChI=1S/C34H35BrFN3O4S/c1-25(2)22-37-34(41)32(21-26-10-5-3-6-11-26)38(23-27-12-9-13-28(35)20-27)33(40)24-39(30-14-7-4-8-15-30)44(42,43)31-18-16-29(36)17-19-31/h3-20,25,32H,21-24H2,1-2H3,(H,37,41)/t32-/m0/s1. The maximum Gasteiger partial charge on any atom is 0.264 e. The van der Waals surface area contributed by atoms with E-state index in [0.29, 0.717) is 6.54 Å². The number of benzene rings is 4. The Kier molecular flexibility index (Phi) is 11.3. The van der Waals surface area contributed by atoms with Gasteiger partial charge in [-0.05, 0) is 65.6 Å². The first-order valence-corrected chi connectivity index (χ1v) is 16.5. The Balaban J connectivity index is 1.78. The second kappa shape index (κ2) is 15.1. The van der Waals surface area contributed by atoms with E-state index in [0.717, 1.165) is 32.0 Å². The van der Waals surface area contributed by atoms with Crippen molar-refractivity contribution in [1.82, 2.24) is 10.2 Å². The summed E-state index contributed by atoms with van der Waals surface area (Å²) in [6.45, 7) is 3.85. The SMILES string of the molecule is CC(C)CNC(=O)[C@H](Cc1ccccc1)N(Cc1cccc(Br)c1)C(=O)CN(c1ccccc1)S(=O)(=O)c1ccc(F)cc1. The van der Waals surface area contributed by atoms with Crippen LogP contribution >= 0.6 is 15.9 Å². The number of hydrogen-bond acceptors (Lipinski definition) is 4. The zero-order chi connectivity index (χ0) is 31.7. The number of anilines is 1. The second-order valence-electron chi connectivity index (χ2n) is 10.8. The number of nitrogens with zero attached hydrogens (tertiary/aromatic N) is 2. The third-order valence-corrected chi connectivity index (χ3v) is 9.20. The zero-order valence-electron chi connectivity index (χ0n) is 24.6. The fourth-order valence-corrected chi connectivity index (χ4v) is 6.53. The Morgan fingerprint density at radius 1 is 0.841 bits per heavy atom.